The molecule has 2 aromatic carbocycles. The second-order valence-electron chi connectivity index (χ2n) is 10.8. The standard InChI is InChI=1S/C31H31BrN6O10/c1-16(39)13-25-27(44-17(2)40)28(45-18(3)41)29(46-19(4)42)31(47-25)48-38-15-22(34-36-38)14-37-24-8-6-5-7-23(24)26(30(37)43)35-33-21-11-9-20(32)10-12-21/h5-12,15,25,27-29,31,43H,13-14H2,1-4H3/t25-,27-,28+,29-,31+/m1/s1. The lowest BCUT2D eigenvalue weighted by Gasteiger charge is -2.43. The van der Waals surface area contributed by atoms with Gasteiger partial charge in [-0.15, -0.1) is 10.2 Å². The summed E-state index contributed by atoms with van der Waals surface area (Å²) in [7, 11) is 0. The second kappa shape index (κ2) is 14.7. The molecule has 3 heterocycles. The summed E-state index contributed by atoms with van der Waals surface area (Å²) in [6.45, 7) is 4.72. The first kappa shape index (κ1) is 34.2. The number of benzene rings is 2. The van der Waals surface area contributed by atoms with E-state index in [4.69, 9.17) is 23.8 Å². The van der Waals surface area contributed by atoms with E-state index in [9.17, 15) is 24.3 Å². The van der Waals surface area contributed by atoms with Crippen LogP contribution in [0.3, 0.4) is 0 Å². The second-order valence-corrected chi connectivity index (χ2v) is 11.8. The molecule has 4 aromatic rings. The maximum atomic E-state index is 12.1. The van der Waals surface area contributed by atoms with Crippen molar-refractivity contribution in [1.29, 1.82) is 0 Å². The van der Waals surface area contributed by atoms with Crippen molar-refractivity contribution in [3.05, 3.63) is 64.9 Å². The monoisotopic (exact) mass is 726 g/mol. The zero-order valence-corrected chi connectivity index (χ0v) is 27.8. The van der Waals surface area contributed by atoms with E-state index >= 15 is 0 Å². The molecule has 252 valence electrons. The minimum atomic E-state index is -1.49. The smallest absolute Gasteiger partial charge is 0.303 e. The van der Waals surface area contributed by atoms with Gasteiger partial charge in [0.25, 0.3) is 6.29 Å². The topological polar surface area (TPSA) is 195 Å². The van der Waals surface area contributed by atoms with Crippen LogP contribution in [0.2, 0.25) is 0 Å². The SMILES string of the molecule is CC(=O)C[C@H]1O[C@@H](On2cc(Cn3c(O)c(N=Nc4ccc(Br)cc4)c4ccccc43)nn2)[C@H](OC(C)=O)[C@@H](OC(C)=O)[C@@H]1OC(C)=O. The fourth-order valence-corrected chi connectivity index (χ4v) is 5.47. The molecule has 0 amide bonds. The average Bonchev–Trinajstić information content (AvgIpc) is 3.57. The number of rotatable bonds is 11. The molecule has 0 bridgehead atoms. The highest BCUT2D eigenvalue weighted by molar-refractivity contribution is 9.10. The van der Waals surface area contributed by atoms with Gasteiger partial charge >= 0.3 is 17.9 Å². The van der Waals surface area contributed by atoms with Crippen LogP contribution in [0, 0.1) is 0 Å². The summed E-state index contributed by atoms with van der Waals surface area (Å²) in [5.41, 5.74) is 1.82. The number of ether oxygens (including phenoxy) is 4. The Balaban J connectivity index is 1.42. The number of esters is 3. The molecule has 5 atom stereocenters. The number of carbonyl (C=O) groups excluding carboxylic acids is 4. The molecule has 0 radical (unpaired) electrons. The third-order valence-corrected chi connectivity index (χ3v) is 7.58. The summed E-state index contributed by atoms with van der Waals surface area (Å²) in [5, 5.41) is 28.6. The summed E-state index contributed by atoms with van der Waals surface area (Å²) in [4.78, 5) is 55.1. The zero-order valence-electron chi connectivity index (χ0n) is 26.2. The largest absolute Gasteiger partial charge is 0.493 e. The van der Waals surface area contributed by atoms with Gasteiger partial charge in [0.1, 0.15) is 17.6 Å². The van der Waals surface area contributed by atoms with Gasteiger partial charge in [-0.1, -0.05) is 39.0 Å². The summed E-state index contributed by atoms with van der Waals surface area (Å²) < 4.78 is 24.7. The van der Waals surface area contributed by atoms with Crippen molar-refractivity contribution < 1.29 is 48.1 Å². The van der Waals surface area contributed by atoms with Gasteiger partial charge < -0.3 is 33.5 Å². The summed E-state index contributed by atoms with van der Waals surface area (Å²) in [6.07, 6.45) is -5.61. The Morgan fingerprint density at radius 1 is 0.896 bits per heavy atom. The van der Waals surface area contributed by atoms with Crippen molar-refractivity contribution in [1.82, 2.24) is 19.7 Å². The average molecular weight is 728 g/mol. The van der Waals surface area contributed by atoms with Crippen LogP contribution in [-0.4, -0.2) is 79.2 Å². The van der Waals surface area contributed by atoms with Gasteiger partial charge in [0.15, 0.2) is 17.9 Å². The predicted molar refractivity (Wildman–Crippen MR) is 168 cm³/mol. The highest BCUT2D eigenvalue weighted by atomic mass is 79.9. The number of hydrogen-bond acceptors (Lipinski definition) is 14. The molecular weight excluding hydrogens is 696 g/mol. The van der Waals surface area contributed by atoms with Crippen LogP contribution in [0.25, 0.3) is 10.9 Å². The maximum Gasteiger partial charge on any atom is 0.303 e. The quantitative estimate of drug-likeness (QED) is 0.132. The number of para-hydroxylation sites is 1. The summed E-state index contributed by atoms with van der Waals surface area (Å²) >= 11 is 3.38. The van der Waals surface area contributed by atoms with E-state index in [0.29, 0.717) is 22.3 Å². The molecule has 2 aromatic heterocycles. The first-order chi connectivity index (χ1) is 22.9. The van der Waals surface area contributed by atoms with Gasteiger partial charge in [-0.2, -0.15) is 5.11 Å². The van der Waals surface area contributed by atoms with Crippen LogP contribution < -0.4 is 4.84 Å². The van der Waals surface area contributed by atoms with Crippen molar-refractivity contribution in [3.63, 3.8) is 0 Å². The Bertz CT molecular complexity index is 1860. The van der Waals surface area contributed by atoms with E-state index < -0.39 is 48.6 Å². The van der Waals surface area contributed by atoms with Crippen molar-refractivity contribution >= 4 is 61.9 Å². The Labute approximate surface area is 281 Å². The number of nitrogens with zero attached hydrogens (tertiary/aromatic N) is 6. The van der Waals surface area contributed by atoms with Gasteiger partial charge in [-0.3, -0.25) is 19.2 Å². The fraction of sp³-hybridized carbons (Fsp3) is 0.355. The minimum Gasteiger partial charge on any atom is -0.493 e. The molecule has 0 aliphatic carbocycles. The fourth-order valence-electron chi connectivity index (χ4n) is 5.21. The zero-order chi connectivity index (χ0) is 34.5. The molecular formula is C31H31BrN6O10. The van der Waals surface area contributed by atoms with Crippen LogP contribution in [0.15, 0.2) is 69.4 Å². The van der Waals surface area contributed by atoms with Gasteiger partial charge in [-0.25, -0.2) is 0 Å². The number of azo groups is 1. The number of carbonyl (C=O) groups is 4. The van der Waals surface area contributed by atoms with Crippen molar-refractivity contribution in [3.8, 4) is 5.88 Å². The molecule has 5 rings (SSSR count). The van der Waals surface area contributed by atoms with Gasteiger partial charge in [0, 0.05) is 37.1 Å². The van der Waals surface area contributed by atoms with E-state index in [1.54, 1.807) is 28.8 Å². The molecule has 1 saturated heterocycles. The van der Waals surface area contributed by atoms with E-state index in [1.807, 2.05) is 24.3 Å². The highest BCUT2D eigenvalue weighted by Crippen LogP contribution is 2.40. The molecule has 0 saturated carbocycles. The lowest BCUT2D eigenvalue weighted by atomic mass is 9.95. The van der Waals surface area contributed by atoms with Gasteiger partial charge in [-0.05, 0) is 42.5 Å². The molecule has 0 spiro atoms. The van der Waals surface area contributed by atoms with Crippen LogP contribution >= 0.6 is 15.9 Å². The third-order valence-electron chi connectivity index (χ3n) is 7.05. The summed E-state index contributed by atoms with van der Waals surface area (Å²) in [5.74, 6) is -2.76. The van der Waals surface area contributed by atoms with Crippen molar-refractivity contribution in [2.45, 2.75) is 71.4 Å². The van der Waals surface area contributed by atoms with Crippen molar-refractivity contribution in [2.24, 2.45) is 10.2 Å². The first-order valence-electron chi connectivity index (χ1n) is 14.6. The first-order valence-corrected chi connectivity index (χ1v) is 15.4. The molecule has 1 N–H and O–H groups in total. The Kier molecular flexibility index (Phi) is 10.5. The van der Waals surface area contributed by atoms with Gasteiger partial charge in [0.2, 0.25) is 12.0 Å². The molecule has 48 heavy (non-hydrogen) atoms. The normalized spacial score (nSPS) is 20.8. The number of aromatic hydroxyl groups is 1. The Morgan fingerprint density at radius 2 is 1.54 bits per heavy atom. The molecule has 17 heteroatoms. The minimum absolute atomic E-state index is 0.0277. The molecule has 1 aliphatic rings. The van der Waals surface area contributed by atoms with E-state index in [0.717, 1.165) is 30.1 Å². The van der Waals surface area contributed by atoms with Gasteiger partial charge in [0.05, 0.1) is 23.9 Å². The molecule has 1 aliphatic heterocycles. The Morgan fingerprint density at radius 3 is 2.21 bits per heavy atom. The number of hydrogen-bond donors (Lipinski definition) is 1. The lowest BCUT2D eigenvalue weighted by molar-refractivity contribution is -0.305. The number of ketones is 1. The van der Waals surface area contributed by atoms with Crippen LogP contribution in [-0.2, 0) is 44.7 Å². The number of fused-ring (bicyclic) bond motifs is 1. The maximum absolute atomic E-state index is 12.1. The molecule has 0 unspecified atom stereocenters. The Hall–Kier alpha value is -5.16. The third kappa shape index (κ3) is 8.03. The van der Waals surface area contributed by atoms with E-state index in [-0.39, 0.29) is 30.3 Å². The van der Waals surface area contributed by atoms with Crippen LogP contribution in [0.1, 0.15) is 39.8 Å². The molecule has 1 fully saturated rings. The highest BCUT2D eigenvalue weighted by Gasteiger charge is 2.53. The summed E-state index contributed by atoms with van der Waals surface area (Å²) in [6, 6.07) is 14.4. The number of Topliss-reactive ketones (excluding diaryl/α,β-unsaturated/α-hetero) is 1. The van der Waals surface area contributed by atoms with Crippen LogP contribution in [0.5, 0.6) is 5.88 Å². The van der Waals surface area contributed by atoms with Crippen LogP contribution in [0.4, 0.5) is 11.4 Å². The van der Waals surface area contributed by atoms with E-state index in [1.165, 1.54) is 13.1 Å². The lowest BCUT2D eigenvalue weighted by Crippen LogP contribution is -2.63. The predicted octanol–water partition coefficient (Wildman–Crippen LogP) is 4.09. The molecule has 16 nitrogen and oxygen atoms in total. The number of aromatic nitrogens is 4. The number of halogens is 1. The van der Waals surface area contributed by atoms with Crippen molar-refractivity contribution in [2.75, 3.05) is 0 Å². The van der Waals surface area contributed by atoms with E-state index in [2.05, 4.69) is 36.5 Å².